The van der Waals surface area contributed by atoms with Gasteiger partial charge in [-0.05, 0) is 32.9 Å². The van der Waals surface area contributed by atoms with E-state index in [1.54, 1.807) is 11.3 Å². The molecule has 7 heteroatoms. The summed E-state index contributed by atoms with van der Waals surface area (Å²) >= 11 is 1.72. The molecular formula is C18H24N6S. The minimum Gasteiger partial charge on any atom is -0.357 e. The Hall–Kier alpha value is -2.41. The van der Waals surface area contributed by atoms with Crippen molar-refractivity contribution >= 4 is 28.3 Å². The van der Waals surface area contributed by atoms with Gasteiger partial charge in [0, 0.05) is 18.5 Å². The lowest BCUT2D eigenvalue weighted by atomic mass is 10.3. The van der Waals surface area contributed by atoms with Gasteiger partial charge in [-0.15, -0.1) is 11.3 Å². The Morgan fingerprint density at radius 2 is 2.00 bits per heavy atom. The first-order valence-corrected chi connectivity index (χ1v) is 9.25. The van der Waals surface area contributed by atoms with Crippen molar-refractivity contribution in [2.45, 2.75) is 33.9 Å². The van der Waals surface area contributed by atoms with E-state index in [2.05, 4.69) is 50.1 Å². The van der Waals surface area contributed by atoms with Crippen LogP contribution in [0.5, 0.6) is 0 Å². The summed E-state index contributed by atoms with van der Waals surface area (Å²) in [5, 5.41) is 7.70. The van der Waals surface area contributed by atoms with E-state index < -0.39 is 0 Å². The first-order valence-electron chi connectivity index (χ1n) is 8.44. The molecule has 0 bridgehead atoms. The lowest BCUT2D eigenvalue weighted by Gasteiger charge is -2.10. The number of benzene rings is 1. The molecule has 0 atom stereocenters. The quantitative estimate of drug-likeness (QED) is 0.545. The third-order valence-electron chi connectivity index (χ3n) is 4.08. The molecule has 2 aromatic heterocycles. The van der Waals surface area contributed by atoms with E-state index in [9.17, 15) is 0 Å². The number of imidazole rings is 1. The molecule has 25 heavy (non-hydrogen) atoms. The van der Waals surface area contributed by atoms with Crippen LogP contribution in [0.4, 0.5) is 0 Å². The third kappa shape index (κ3) is 3.99. The third-order valence-corrected chi connectivity index (χ3v) is 5.16. The molecule has 0 spiro atoms. The van der Waals surface area contributed by atoms with Gasteiger partial charge in [-0.25, -0.2) is 15.0 Å². The van der Waals surface area contributed by atoms with Crippen LogP contribution in [-0.4, -0.2) is 27.0 Å². The molecule has 0 aliphatic rings. The van der Waals surface area contributed by atoms with Crippen molar-refractivity contribution in [3.63, 3.8) is 0 Å². The fourth-order valence-corrected chi connectivity index (χ4v) is 3.48. The number of nitrogens with zero attached hydrogens (tertiary/aromatic N) is 4. The van der Waals surface area contributed by atoms with Crippen molar-refractivity contribution < 1.29 is 0 Å². The lowest BCUT2D eigenvalue weighted by Crippen LogP contribution is -2.36. The van der Waals surface area contributed by atoms with E-state index >= 15 is 0 Å². The van der Waals surface area contributed by atoms with Crippen molar-refractivity contribution in [3.05, 3.63) is 45.7 Å². The Morgan fingerprint density at radius 1 is 1.20 bits per heavy atom. The van der Waals surface area contributed by atoms with E-state index in [1.165, 1.54) is 4.88 Å². The Labute approximate surface area is 152 Å². The van der Waals surface area contributed by atoms with Crippen LogP contribution >= 0.6 is 11.3 Å². The summed E-state index contributed by atoms with van der Waals surface area (Å²) < 4.78 is 2.09. The number of aryl methyl sites for hydroxylation is 3. The number of guanidine groups is 1. The molecule has 0 fully saturated rings. The SMILES string of the molecule is CCNC(=NCc1nc2ccccc2n1C)NCc1nc(C)c(C)s1. The van der Waals surface area contributed by atoms with Gasteiger partial charge in [0.15, 0.2) is 5.96 Å². The van der Waals surface area contributed by atoms with Crippen molar-refractivity contribution in [2.24, 2.45) is 12.0 Å². The molecule has 2 heterocycles. The summed E-state index contributed by atoms with van der Waals surface area (Å²) in [6, 6.07) is 8.14. The number of para-hydroxylation sites is 2. The zero-order chi connectivity index (χ0) is 17.8. The largest absolute Gasteiger partial charge is 0.357 e. The highest BCUT2D eigenvalue weighted by molar-refractivity contribution is 7.11. The highest BCUT2D eigenvalue weighted by atomic mass is 32.1. The molecule has 0 saturated carbocycles. The van der Waals surface area contributed by atoms with Crippen LogP contribution in [0, 0.1) is 13.8 Å². The molecule has 3 rings (SSSR count). The van der Waals surface area contributed by atoms with Crippen LogP contribution in [0.3, 0.4) is 0 Å². The van der Waals surface area contributed by atoms with E-state index in [4.69, 9.17) is 0 Å². The Morgan fingerprint density at radius 3 is 2.68 bits per heavy atom. The van der Waals surface area contributed by atoms with Crippen molar-refractivity contribution in [1.29, 1.82) is 0 Å². The summed E-state index contributed by atoms with van der Waals surface area (Å²) in [6.45, 7) is 8.21. The summed E-state index contributed by atoms with van der Waals surface area (Å²) in [7, 11) is 2.03. The first kappa shape index (κ1) is 17.4. The van der Waals surface area contributed by atoms with Crippen LogP contribution < -0.4 is 10.6 Å². The molecule has 0 radical (unpaired) electrons. The number of aliphatic imine (C=N–C) groups is 1. The molecule has 0 saturated heterocycles. The molecule has 6 nitrogen and oxygen atoms in total. The van der Waals surface area contributed by atoms with Crippen LogP contribution in [0.1, 0.15) is 28.3 Å². The van der Waals surface area contributed by atoms with Crippen LogP contribution in [-0.2, 0) is 20.1 Å². The second-order valence-electron chi connectivity index (χ2n) is 5.87. The summed E-state index contributed by atoms with van der Waals surface area (Å²) in [5.41, 5.74) is 3.23. The molecule has 0 aliphatic carbocycles. The van der Waals surface area contributed by atoms with Gasteiger partial charge in [0.2, 0.25) is 0 Å². The van der Waals surface area contributed by atoms with E-state index in [0.29, 0.717) is 13.1 Å². The number of thiazole rings is 1. The topological polar surface area (TPSA) is 67.1 Å². The minimum atomic E-state index is 0.524. The number of hydrogen-bond acceptors (Lipinski definition) is 4. The number of hydrogen-bond donors (Lipinski definition) is 2. The Balaban J connectivity index is 1.71. The van der Waals surface area contributed by atoms with Crippen LogP contribution in [0.2, 0.25) is 0 Å². The monoisotopic (exact) mass is 356 g/mol. The number of fused-ring (bicyclic) bond motifs is 1. The fourth-order valence-electron chi connectivity index (χ4n) is 2.60. The fraction of sp³-hybridized carbons (Fsp3) is 0.389. The second-order valence-corrected chi connectivity index (χ2v) is 7.16. The molecule has 0 unspecified atom stereocenters. The average molecular weight is 356 g/mol. The van der Waals surface area contributed by atoms with Gasteiger partial charge in [0.25, 0.3) is 0 Å². The van der Waals surface area contributed by atoms with Crippen molar-refractivity contribution in [2.75, 3.05) is 6.54 Å². The summed E-state index contributed by atoms with van der Waals surface area (Å²) in [5.74, 6) is 1.72. The zero-order valence-electron chi connectivity index (χ0n) is 15.1. The van der Waals surface area contributed by atoms with E-state index in [1.807, 2.05) is 32.2 Å². The lowest BCUT2D eigenvalue weighted by molar-refractivity contribution is 0.776. The van der Waals surface area contributed by atoms with Crippen LogP contribution in [0.15, 0.2) is 29.3 Å². The van der Waals surface area contributed by atoms with Gasteiger partial charge >= 0.3 is 0 Å². The second kappa shape index (κ2) is 7.65. The van der Waals surface area contributed by atoms with Gasteiger partial charge in [0.05, 0.1) is 23.3 Å². The summed E-state index contributed by atoms with van der Waals surface area (Å²) in [4.78, 5) is 15.2. The number of nitrogens with one attached hydrogen (secondary N) is 2. The maximum atomic E-state index is 4.67. The maximum Gasteiger partial charge on any atom is 0.192 e. The van der Waals surface area contributed by atoms with Crippen LogP contribution in [0.25, 0.3) is 11.0 Å². The zero-order valence-corrected chi connectivity index (χ0v) is 15.9. The highest BCUT2D eigenvalue weighted by Gasteiger charge is 2.08. The maximum absolute atomic E-state index is 4.67. The Kier molecular flexibility index (Phi) is 5.33. The molecule has 3 aromatic rings. The molecule has 0 aliphatic heterocycles. The molecular weight excluding hydrogens is 332 g/mol. The van der Waals surface area contributed by atoms with E-state index in [-0.39, 0.29) is 0 Å². The normalized spacial score (nSPS) is 11.9. The van der Waals surface area contributed by atoms with Crippen molar-refractivity contribution in [1.82, 2.24) is 25.2 Å². The predicted molar refractivity (Wildman–Crippen MR) is 104 cm³/mol. The Bertz CT molecular complexity index is 873. The number of aromatic nitrogens is 3. The molecule has 132 valence electrons. The summed E-state index contributed by atoms with van der Waals surface area (Å²) in [6.07, 6.45) is 0. The molecule has 0 amide bonds. The predicted octanol–water partition coefficient (Wildman–Crippen LogP) is 2.90. The van der Waals surface area contributed by atoms with Gasteiger partial charge < -0.3 is 15.2 Å². The highest BCUT2D eigenvalue weighted by Crippen LogP contribution is 2.16. The van der Waals surface area contributed by atoms with Gasteiger partial charge in [0.1, 0.15) is 17.4 Å². The first-order chi connectivity index (χ1) is 12.1. The minimum absolute atomic E-state index is 0.524. The van der Waals surface area contributed by atoms with E-state index in [0.717, 1.165) is 40.1 Å². The van der Waals surface area contributed by atoms with Gasteiger partial charge in [-0.1, -0.05) is 12.1 Å². The standard InChI is InChI=1S/C18H24N6S/c1-5-19-18(21-11-17-22-12(2)13(3)25-17)20-10-16-23-14-8-6-7-9-15(14)24(16)4/h6-9H,5,10-11H2,1-4H3,(H2,19,20,21). The van der Waals surface area contributed by atoms with Crippen molar-refractivity contribution in [3.8, 4) is 0 Å². The smallest absolute Gasteiger partial charge is 0.192 e. The van der Waals surface area contributed by atoms with Gasteiger partial charge in [-0.3, -0.25) is 0 Å². The molecule has 2 N–H and O–H groups in total. The average Bonchev–Trinajstić information content (AvgIpc) is 3.10. The molecule has 1 aromatic carbocycles. The van der Waals surface area contributed by atoms with Gasteiger partial charge in [-0.2, -0.15) is 0 Å². The number of rotatable bonds is 5.